The molecule has 0 saturated heterocycles. The van der Waals surface area contributed by atoms with Gasteiger partial charge >= 0.3 is 0 Å². The second-order valence-corrected chi connectivity index (χ2v) is 8.23. The zero-order valence-electron chi connectivity index (χ0n) is 18.3. The van der Waals surface area contributed by atoms with Crippen molar-refractivity contribution in [3.63, 3.8) is 0 Å². The van der Waals surface area contributed by atoms with Gasteiger partial charge in [-0.3, -0.25) is 14.4 Å². The molecule has 172 valence electrons. The van der Waals surface area contributed by atoms with Gasteiger partial charge in [-0.1, -0.05) is 11.3 Å². The minimum absolute atomic E-state index is 0.0445. The number of nitrogens with zero attached hydrogens (tertiary/aromatic N) is 2. The summed E-state index contributed by atoms with van der Waals surface area (Å²) < 4.78 is 5.13. The molecule has 0 atom stereocenters. The molecular formula is C22H24N6O4S. The fourth-order valence-electron chi connectivity index (χ4n) is 2.79. The highest BCUT2D eigenvalue weighted by Gasteiger charge is 2.19. The quantitative estimate of drug-likeness (QED) is 0.379. The highest BCUT2D eigenvalue weighted by Crippen LogP contribution is 2.31. The van der Waals surface area contributed by atoms with E-state index >= 15 is 0 Å². The molecule has 0 unspecified atom stereocenters. The molecule has 10 nitrogen and oxygen atoms in total. The lowest BCUT2D eigenvalue weighted by Gasteiger charge is -2.10. The summed E-state index contributed by atoms with van der Waals surface area (Å²) in [5, 5.41) is 9.12. The molecular weight excluding hydrogens is 444 g/mol. The van der Waals surface area contributed by atoms with E-state index in [1.54, 1.807) is 74.6 Å². The number of carbonyl (C=O) groups is 3. The van der Waals surface area contributed by atoms with Crippen LogP contribution in [0.1, 0.15) is 20.8 Å². The van der Waals surface area contributed by atoms with Gasteiger partial charge in [-0.25, -0.2) is 4.98 Å². The maximum absolute atomic E-state index is 12.7. The smallest absolute Gasteiger partial charge is 0.270 e. The number of benzene rings is 2. The number of carbonyl (C=O) groups excluding carboxylic acids is 3. The molecule has 33 heavy (non-hydrogen) atoms. The summed E-state index contributed by atoms with van der Waals surface area (Å²) in [6, 6.07) is 13.5. The van der Waals surface area contributed by atoms with Crippen molar-refractivity contribution in [1.29, 1.82) is 0 Å². The third-order valence-electron chi connectivity index (χ3n) is 4.32. The molecule has 3 aromatic rings. The van der Waals surface area contributed by atoms with E-state index in [0.717, 1.165) is 17.0 Å². The van der Waals surface area contributed by atoms with Crippen LogP contribution in [0.2, 0.25) is 0 Å². The topological polar surface area (TPSA) is 139 Å². The van der Waals surface area contributed by atoms with E-state index < -0.39 is 11.8 Å². The number of rotatable bonds is 9. The number of aromatic nitrogens is 1. The zero-order chi connectivity index (χ0) is 24.0. The molecule has 0 saturated carbocycles. The van der Waals surface area contributed by atoms with Crippen LogP contribution in [0.3, 0.4) is 0 Å². The van der Waals surface area contributed by atoms with Gasteiger partial charge < -0.3 is 31.3 Å². The van der Waals surface area contributed by atoms with Crippen LogP contribution in [-0.2, 0) is 4.79 Å². The maximum Gasteiger partial charge on any atom is 0.270 e. The number of methoxy groups -OCH3 is 1. The zero-order valence-corrected chi connectivity index (χ0v) is 19.2. The molecule has 3 rings (SSSR count). The number of likely N-dealkylation sites (N-methyl/N-ethyl adjacent to an activating group) is 1. The highest BCUT2D eigenvalue weighted by molar-refractivity contribution is 7.20. The number of nitrogens with two attached hydrogens (primary N) is 1. The third kappa shape index (κ3) is 6.51. The fraction of sp³-hybridized carbons (Fsp3) is 0.182. The summed E-state index contributed by atoms with van der Waals surface area (Å²) >= 11 is 1.08. The first-order valence-electron chi connectivity index (χ1n) is 9.83. The van der Waals surface area contributed by atoms with Gasteiger partial charge in [0, 0.05) is 16.9 Å². The minimum atomic E-state index is -0.761. The van der Waals surface area contributed by atoms with Crippen LogP contribution in [0.25, 0.3) is 0 Å². The Labute approximate surface area is 194 Å². The van der Waals surface area contributed by atoms with Crippen molar-refractivity contribution in [3.8, 4) is 5.75 Å². The van der Waals surface area contributed by atoms with Crippen molar-refractivity contribution in [1.82, 2.24) is 9.88 Å². The van der Waals surface area contributed by atoms with Crippen LogP contribution in [0.15, 0.2) is 48.5 Å². The first-order valence-corrected chi connectivity index (χ1v) is 10.6. The van der Waals surface area contributed by atoms with Crippen LogP contribution < -0.4 is 26.4 Å². The Morgan fingerprint density at radius 1 is 1.00 bits per heavy atom. The minimum Gasteiger partial charge on any atom is -0.497 e. The number of ether oxygens (including phenoxy) is 1. The maximum atomic E-state index is 12.7. The van der Waals surface area contributed by atoms with Crippen LogP contribution in [0, 0.1) is 0 Å². The molecule has 2 aromatic carbocycles. The molecule has 0 spiro atoms. The Morgan fingerprint density at radius 2 is 1.64 bits per heavy atom. The van der Waals surface area contributed by atoms with E-state index in [9.17, 15) is 14.4 Å². The predicted molar refractivity (Wildman–Crippen MR) is 128 cm³/mol. The van der Waals surface area contributed by atoms with Gasteiger partial charge in [-0.2, -0.15) is 0 Å². The number of primary amides is 1. The van der Waals surface area contributed by atoms with Gasteiger partial charge in [0.1, 0.15) is 10.8 Å². The van der Waals surface area contributed by atoms with Gasteiger partial charge in [0.05, 0.1) is 13.7 Å². The summed E-state index contributed by atoms with van der Waals surface area (Å²) in [6.45, 7) is 0.246. The van der Waals surface area contributed by atoms with Crippen LogP contribution in [0.5, 0.6) is 5.75 Å². The van der Waals surface area contributed by atoms with Crippen LogP contribution >= 0.6 is 11.3 Å². The summed E-state index contributed by atoms with van der Waals surface area (Å²) in [5.74, 6) is -0.662. The lowest BCUT2D eigenvalue weighted by molar-refractivity contribution is -0.116. The summed E-state index contributed by atoms with van der Waals surface area (Å²) in [7, 11) is 5.17. The Hall–Kier alpha value is -3.96. The Balaban J connectivity index is 1.70. The van der Waals surface area contributed by atoms with Crippen molar-refractivity contribution in [3.05, 3.63) is 59.8 Å². The molecule has 0 aliphatic heterocycles. The van der Waals surface area contributed by atoms with Gasteiger partial charge in [-0.15, -0.1) is 0 Å². The van der Waals surface area contributed by atoms with Crippen LogP contribution in [0.4, 0.5) is 21.5 Å². The van der Waals surface area contributed by atoms with Gasteiger partial charge in [0.15, 0.2) is 10.8 Å². The second kappa shape index (κ2) is 10.6. The average Bonchev–Trinajstić information content (AvgIpc) is 3.16. The Kier molecular flexibility index (Phi) is 7.59. The Morgan fingerprint density at radius 3 is 2.21 bits per heavy atom. The van der Waals surface area contributed by atoms with Crippen molar-refractivity contribution in [2.45, 2.75) is 0 Å². The van der Waals surface area contributed by atoms with E-state index in [-0.39, 0.29) is 23.1 Å². The van der Waals surface area contributed by atoms with Gasteiger partial charge in [0.25, 0.3) is 11.8 Å². The van der Waals surface area contributed by atoms with E-state index in [1.807, 2.05) is 0 Å². The molecule has 3 amide bonds. The van der Waals surface area contributed by atoms with Crippen molar-refractivity contribution in [2.24, 2.45) is 5.73 Å². The molecule has 5 N–H and O–H groups in total. The number of hydrogen-bond donors (Lipinski definition) is 4. The number of anilines is 4. The molecule has 0 aliphatic rings. The van der Waals surface area contributed by atoms with E-state index in [4.69, 9.17) is 10.5 Å². The number of thiazole rings is 1. The first kappa shape index (κ1) is 23.7. The Bertz CT molecular complexity index is 1140. The third-order valence-corrected chi connectivity index (χ3v) is 5.21. The second-order valence-electron chi connectivity index (χ2n) is 7.23. The van der Waals surface area contributed by atoms with E-state index in [0.29, 0.717) is 22.1 Å². The molecule has 0 bridgehead atoms. The molecule has 0 radical (unpaired) electrons. The largest absolute Gasteiger partial charge is 0.497 e. The standard InChI is InChI=1S/C22H24N6O4S/c1-28(2)12-17(29)24-14-6-4-13(5-7-14)20(31)27-21-18(19(23)30)26-22(33-21)25-15-8-10-16(32-3)11-9-15/h4-11H,12H2,1-3H3,(H2,23,30)(H,24,29)(H,25,26)(H,27,31). The molecule has 11 heteroatoms. The fourth-order valence-corrected chi connectivity index (χ4v) is 3.68. The van der Waals surface area contributed by atoms with Gasteiger partial charge in [-0.05, 0) is 62.6 Å². The predicted octanol–water partition coefficient (Wildman–Crippen LogP) is 2.75. The average molecular weight is 469 g/mol. The summed E-state index contributed by atoms with van der Waals surface area (Å²) in [4.78, 5) is 42.3. The van der Waals surface area contributed by atoms with Crippen molar-refractivity contribution in [2.75, 3.05) is 43.7 Å². The molecule has 0 fully saturated rings. The number of amides is 3. The molecule has 0 aliphatic carbocycles. The molecule has 1 heterocycles. The lowest BCUT2D eigenvalue weighted by Crippen LogP contribution is -2.27. The highest BCUT2D eigenvalue weighted by atomic mass is 32.1. The van der Waals surface area contributed by atoms with Crippen molar-refractivity contribution >= 4 is 50.6 Å². The number of nitrogens with one attached hydrogen (secondary N) is 3. The lowest BCUT2D eigenvalue weighted by atomic mass is 10.2. The SMILES string of the molecule is COc1ccc(Nc2nc(C(N)=O)c(NC(=O)c3ccc(NC(=O)CN(C)C)cc3)s2)cc1. The number of hydrogen-bond acceptors (Lipinski definition) is 8. The van der Waals surface area contributed by atoms with E-state index in [1.165, 1.54) is 0 Å². The van der Waals surface area contributed by atoms with Crippen molar-refractivity contribution < 1.29 is 19.1 Å². The van der Waals surface area contributed by atoms with Crippen LogP contribution in [-0.4, -0.2) is 55.4 Å². The molecule has 1 aromatic heterocycles. The normalized spacial score (nSPS) is 10.5. The summed E-state index contributed by atoms with van der Waals surface area (Å²) in [6.07, 6.45) is 0. The van der Waals surface area contributed by atoms with E-state index in [2.05, 4.69) is 20.9 Å². The summed E-state index contributed by atoms with van der Waals surface area (Å²) in [5.41, 5.74) is 7.03. The first-order chi connectivity index (χ1) is 15.7. The monoisotopic (exact) mass is 468 g/mol. The van der Waals surface area contributed by atoms with Gasteiger partial charge in [0.2, 0.25) is 5.91 Å².